The molecule has 0 fully saturated rings. The van der Waals surface area contributed by atoms with E-state index in [0.29, 0.717) is 0 Å². The molecule has 5 nitrogen and oxygen atoms in total. The van der Waals surface area contributed by atoms with Crippen LogP contribution in [0.5, 0.6) is 0 Å². The molecule has 18 heavy (non-hydrogen) atoms. The third-order valence-corrected chi connectivity index (χ3v) is 2.01. The van der Waals surface area contributed by atoms with Gasteiger partial charge in [-0.05, 0) is 31.7 Å². The van der Waals surface area contributed by atoms with Crippen molar-refractivity contribution in [3.8, 4) is 0 Å². The molecule has 0 aliphatic carbocycles. The summed E-state index contributed by atoms with van der Waals surface area (Å²) in [6.45, 7) is 5.75. The Morgan fingerprint density at radius 3 is 2.50 bits per heavy atom. The van der Waals surface area contributed by atoms with Crippen molar-refractivity contribution in [3.05, 3.63) is 24.4 Å². The molecule has 0 spiro atoms. The Morgan fingerprint density at radius 2 is 2.06 bits per heavy atom. The molecule has 0 atom stereocenters. The van der Waals surface area contributed by atoms with E-state index in [0.717, 1.165) is 37.4 Å². The Morgan fingerprint density at radius 1 is 1.44 bits per heavy atom. The number of primary amides is 1. The lowest BCUT2D eigenvalue weighted by atomic mass is 10.3. The largest absolute Gasteiger partial charge is 0.386 e. The second-order valence-electron chi connectivity index (χ2n) is 3.36. The highest BCUT2D eigenvalue weighted by Crippen LogP contribution is 1.92. The van der Waals surface area contributed by atoms with Crippen LogP contribution in [-0.4, -0.2) is 38.1 Å². The Balaban J connectivity index is 0. The molecule has 0 aliphatic rings. The van der Waals surface area contributed by atoms with Crippen molar-refractivity contribution in [2.24, 2.45) is 5.73 Å². The van der Waals surface area contributed by atoms with Crippen LogP contribution in [0.3, 0.4) is 0 Å². The van der Waals surface area contributed by atoms with Crippen LogP contribution in [0, 0.1) is 0 Å². The zero-order valence-electron chi connectivity index (χ0n) is 10.8. The maximum Gasteiger partial charge on any atom is 0.281 e. The molecule has 0 heterocycles. The number of carbonyl (C=O) groups excluding carboxylic acids is 2. The fraction of sp³-hybridized carbons (Fsp3) is 0.500. The lowest BCUT2D eigenvalue weighted by Gasteiger charge is -2.04. The van der Waals surface area contributed by atoms with Gasteiger partial charge in [-0.3, -0.25) is 9.59 Å². The number of nitrogens with two attached hydrogens (primary N) is 1. The fourth-order valence-corrected chi connectivity index (χ4v) is 1.09. The lowest BCUT2D eigenvalue weighted by molar-refractivity contribution is -0.129. The number of rotatable bonds is 9. The number of likely N-dealkylation sites (N-methyl/N-ethyl adjacent to an activating group) is 1. The number of carbonyl (C=O) groups is 2. The zero-order chi connectivity index (χ0) is 14.2. The quantitative estimate of drug-likeness (QED) is 0.159. The lowest BCUT2D eigenvalue weighted by Crippen LogP contribution is -2.13. The van der Waals surface area contributed by atoms with Gasteiger partial charge >= 0.3 is 0 Å². The molecule has 0 saturated heterocycles. The molecule has 0 radical (unpaired) electrons. The highest BCUT2D eigenvalue weighted by Gasteiger charge is 1.87. The first-order valence-corrected chi connectivity index (χ1v) is 6.31. The fourth-order valence-electron chi connectivity index (χ4n) is 0.864. The normalized spacial score (nSPS) is 9.44. The van der Waals surface area contributed by atoms with E-state index < -0.39 is 5.91 Å². The second kappa shape index (κ2) is 15.7. The van der Waals surface area contributed by atoms with Crippen LogP contribution in [0.15, 0.2) is 24.4 Å². The topological polar surface area (TPSA) is 84.2 Å². The molecule has 6 heteroatoms. The minimum Gasteiger partial charge on any atom is -0.386 e. The van der Waals surface area contributed by atoms with E-state index in [2.05, 4.69) is 35.6 Å². The summed E-state index contributed by atoms with van der Waals surface area (Å²) in [5, 5.41) is 6.27. The predicted octanol–water partition coefficient (Wildman–Crippen LogP) is 0.246. The molecular formula is C12H23N3O2S. The summed E-state index contributed by atoms with van der Waals surface area (Å²) >= 11 is 4.14. The number of nitrogens with one attached hydrogen (secondary N) is 2. The van der Waals surface area contributed by atoms with E-state index in [4.69, 9.17) is 4.79 Å². The second-order valence-corrected chi connectivity index (χ2v) is 3.81. The zero-order valence-corrected chi connectivity index (χ0v) is 11.7. The molecule has 104 valence electrons. The number of allylic oxidation sites excluding steroid dienone is 1. The Kier molecular flexibility index (Phi) is 16.7. The molecule has 0 aromatic carbocycles. The van der Waals surface area contributed by atoms with Crippen molar-refractivity contribution in [1.29, 1.82) is 0 Å². The van der Waals surface area contributed by atoms with E-state index in [-0.39, 0.29) is 6.29 Å². The number of unbranched alkanes of at least 4 members (excludes halogenated alkanes) is 1. The van der Waals surface area contributed by atoms with Crippen molar-refractivity contribution in [1.82, 2.24) is 10.6 Å². The van der Waals surface area contributed by atoms with Gasteiger partial charge in [0.1, 0.15) is 0 Å². The van der Waals surface area contributed by atoms with Crippen LogP contribution < -0.4 is 16.4 Å². The van der Waals surface area contributed by atoms with Crippen molar-refractivity contribution in [2.45, 2.75) is 12.8 Å². The van der Waals surface area contributed by atoms with Gasteiger partial charge in [0, 0.05) is 18.8 Å². The molecule has 0 bridgehead atoms. The summed E-state index contributed by atoms with van der Waals surface area (Å²) in [6, 6.07) is 0. The summed E-state index contributed by atoms with van der Waals surface area (Å²) in [7, 11) is 1.92. The number of hydrogen-bond donors (Lipinski definition) is 4. The molecular weight excluding hydrogens is 250 g/mol. The van der Waals surface area contributed by atoms with Gasteiger partial charge in [-0.1, -0.05) is 12.7 Å². The van der Waals surface area contributed by atoms with Crippen LogP contribution in [-0.2, 0) is 9.59 Å². The first kappa shape index (κ1) is 19.1. The molecule has 0 rings (SSSR count). The summed E-state index contributed by atoms with van der Waals surface area (Å²) in [5.41, 5.74) is 5.27. The molecule has 0 aliphatic heterocycles. The van der Waals surface area contributed by atoms with Crippen LogP contribution in [0.1, 0.15) is 12.8 Å². The van der Waals surface area contributed by atoms with Gasteiger partial charge in [-0.15, -0.1) is 0 Å². The highest BCUT2D eigenvalue weighted by molar-refractivity contribution is 7.80. The molecule has 1 amide bonds. The van der Waals surface area contributed by atoms with Crippen LogP contribution in [0.25, 0.3) is 0 Å². The number of aldehydes is 1. The Labute approximate surface area is 114 Å². The van der Waals surface area contributed by atoms with Gasteiger partial charge in [0.25, 0.3) is 5.91 Å². The van der Waals surface area contributed by atoms with E-state index in [1.54, 1.807) is 0 Å². The molecule has 0 aromatic heterocycles. The Hall–Kier alpha value is -1.27. The summed E-state index contributed by atoms with van der Waals surface area (Å²) in [5.74, 6) is 0.0361. The van der Waals surface area contributed by atoms with Crippen molar-refractivity contribution in [2.75, 3.05) is 25.9 Å². The van der Waals surface area contributed by atoms with Crippen molar-refractivity contribution in [3.63, 3.8) is 0 Å². The first-order chi connectivity index (χ1) is 8.58. The average Bonchev–Trinajstić information content (AvgIpc) is 2.36. The molecule has 4 N–H and O–H groups in total. The van der Waals surface area contributed by atoms with Gasteiger partial charge in [0.15, 0.2) is 0 Å². The van der Waals surface area contributed by atoms with E-state index in [1.165, 1.54) is 0 Å². The van der Waals surface area contributed by atoms with Crippen LogP contribution >= 0.6 is 12.6 Å². The summed E-state index contributed by atoms with van der Waals surface area (Å²) in [4.78, 5) is 18.3. The van der Waals surface area contributed by atoms with Gasteiger partial charge in [-0.25, -0.2) is 0 Å². The average molecular weight is 273 g/mol. The molecule has 0 unspecified atom stereocenters. The third kappa shape index (κ3) is 20.2. The van der Waals surface area contributed by atoms with Gasteiger partial charge < -0.3 is 16.4 Å². The van der Waals surface area contributed by atoms with Crippen LogP contribution in [0.4, 0.5) is 0 Å². The van der Waals surface area contributed by atoms with E-state index in [1.807, 2.05) is 19.2 Å². The summed E-state index contributed by atoms with van der Waals surface area (Å²) in [6.07, 6.45) is 6.41. The SMILES string of the molecule is C=C(/C=C/CNC)NCCCCS.NC(=O)C=O. The number of thiol groups is 1. The number of amides is 1. The first-order valence-electron chi connectivity index (χ1n) is 5.67. The third-order valence-electron chi connectivity index (χ3n) is 1.69. The van der Waals surface area contributed by atoms with Crippen LogP contribution in [0.2, 0.25) is 0 Å². The van der Waals surface area contributed by atoms with Gasteiger partial charge in [0.05, 0.1) is 0 Å². The monoisotopic (exact) mass is 273 g/mol. The summed E-state index contributed by atoms with van der Waals surface area (Å²) < 4.78 is 0. The molecule has 0 aromatic rings. The van der Waals surface area contributed by atoms with Gasteiger partial charge in [0.2, 0.25) is 6.29 Å². The van der Waals surface area contributed by atoms with E-state index in [9.17, 15) is 4.79 Å². The van der Waals surface area contributed by atoms with Crippen molar-refractivity contribution >= 4 is 24.8 Å². The van der Waals surface area contributed by atoms with E-state index >= 15 is 0 Å². The standard InChI is InChI=1S/C10H20N2S.C2H3NO2/c1-10(6-5-7-11-2)12-8-3-4-9-13;3-2(5)1-4/h5-6,11-13H,1,3-4,7-9H2,2H3;1H,(H2,3,5)/b6-5+;. The van der Waals surface area contributed by atoms with Gasteiger partial charge in [-0.2, -0.15) is 12.6 Å². The van der Waals surface area contributed by atoms with Crippen molar-refractivity contribution < 1.29 is 9.59 Å². The number of hydrogen-bond acceptors (Lipinski definition) is 5. The highest BCUT2D eigenvalue weighted by atomic mass is 32.1. The molecule has 0 saturated carbocycles. The minimum absolute atomic E-state index is 0.0556. The Bertz CT molecular complexity index is 268. The smallest absolute Gasteiger partial charge is 0.281 e. The minimum atomic E-state index is -0.926. The maximum absolute atomic E-state index is 9.22. The maximum atomic E-state index is 9.22. The predicted molar refractivity (Wildman–Crippen MR) is 78.6 cm³/mol.